The van der Waals surface area contributed by atoms with Gasteiger partial charge in [0.2, 0.25) is 5.91 Å². The van der Waals surface area contributed by atoms with Gasteiger partial charge in [0, 0.05) is 18.0 Å². The first-order valence-electron chi connectivity index (χ1n) is 9.44. The molecule has 0 spiro atoms. The number of benzene rings is 2. The van der Waals surface area contributed by atoms with Crippen molar-refractivity contribution in [1.29, 1.82) is 0 Å². The zero-order chi connectivity index (χ0) is 23.1. The number of methoxy groups -OCH3 is 1. The molecule has 0 aliphatic heterocycles. The van der Waals surface area contributed by atoms with Gasteiger partial charge in [0.05, 0.1) is 13.7 Å². The first-order valence-corrected chi connectivity index (χ1v) is 11.0. The quantitative estimate of drug-likeness (QED) is 0.363. The van der Waals surface area contributed by atoms with Crippen LogP contribution in [0.2, 0.25) is 5.02 Å². The summed E-state index contributed by atoms with van der Waals surface area (Å²) in [6, 6.07) is 13.0. The maximum atomic E-state index is 12.0. The van der Waals surface area contributed by atoms with E-state index < -0.39 is 8.60 Å². The molecule has 0 unspecified atom stereocenters. The van der Waals surface area contributed by atoms with Gasteiger partial charge in [0.1, 0.15) is 6.61 Å². The average molecular weight is 468 g/mol. The van der Waals surface area contributed by atoms with Gasteiger partial charge in [0.15, 0.2) is 11.5 Å². The molecule has 2 rings (SSSR count). The van der Waals surface area contributed by atoms with Gasteiger partial charge in [-0.3, -0.25) is 4.79 Å². The minimum atomic E-state index is -2.10. The first-order chi connectivity index (χ1) is 14.9. The highest BCUT2D eigenvalue weighted by Crippen LogP contribution is 2.28. The highest BCUT2D eigenvalue weighted by Gasteiger charge is 2.08. The van der Waals surface area contributed by atoms with Crippen LogP contribution in [0.1, 0.15) is 24.5 Å². The first kappa shape index (κ1) is 26.7. The van der Waals surface area contributed by atoms with Crippen molar-refractivity contribution in [3.05, 3.63) is 58.6 Å². The Hall–Kier alpha value is -2.33. The number of rotatable bonds is 10. The lowest BCUT2D eigenvalue weighted by Crippen LogP contribution is -2.22. The number of ether oxygens (including phenoxy) is 2. The van der Waals surface area contributed by atoms with Gasteiger partial charge in [-0.15, -0.1) is 6.42 Å². The van der Waals surface area contributed by atoms with Crippen molar-refractivity contribution in [1.82, 2.24) is 5.32 Å². The van der Waals surface area contributed by atoms with Crippen molar-refractivity contribution in [2.75, 3.05) is 20.3 Å². The second kappa shape index (κ2) is 15.5. The highest BCUT2D eigenvalue weighted by atomic mass is 35.5. The molecule has 0 bridgehead atoms. The monoisotopic (exact) mass is 467 g/mol. The van der Waals surface area contributed by atoms with Crippen LogP contribution in [0.3, 0.4) is 0 Å². The number of carbonyl (C=O) groups excluding carboxylic acids is 1. The van der Waals surface area contributed by atoms with Crippen molar-refractivity contribution >= 4 is 26.1 Å². The molecule has 168 valence electrons. The summed E-state index contributed by atoms with van der Waals surface area (Å²) >= 11 is 5.84. The molecule has 0 heterocycles. The minimum Gasteiger partial charge on any atom is -0.493 e. The average Bonchev–Trinajstić information content (AvgIpc) is 2.76. The molecule has 0 radical (unpaired) electrons. The summed E-state index contributed by atoms with van der Waals surface area (Å²) in [4.78, 5) is 27.9. The minimum absolute atomic E-state index is 0.0124. The predicted octanol–water partition coefficient (Wildman–Crippen LogP) is 3.84. The molecule has 2 aromatic carbocycles. The number of terminal acetylenes is 1. The molecule has 0 atom stereocenters. The molecule has 2 aromatic rings. The third kappa shape index (κ3) is 11.6. The fourth-order valence-corrected chi connectivity index (χ4v) is 2.73. The van der Waals surface area contributed by atoms with Crippen LogP contribution < -0.4 is 14.8 Å². The van der Waals surface area contributed by atoms with E-state index in [1.54, 1.807) is 32.2 Å². The summed E-state index contributed by atoms with van der Waals surface area (Å²) in [5.74, 6) is 3.60. The van der Waals surface area contributed by atoms with Crippen molar-refractivity contribution in [2.24, 2.45) is 0 Å². The Bertz CT molecular complexity index is 839. The topological polar surface area (TPSA) is 97.3 Å². The molecule has 0 fully saturated rings. The molecule has 9 heteroatoms. The number of nitrogens with one attached hydrogen (secondary N) is 1. The van der Waals surface area contributed by atoms with E-state index in [2.05, 4.69) is 15.8 Å². The molecule has 0 saturated carbocycles. The van der Waals surface area contributed by atoms with Crippen LogP contribution in [0.15, 0.2) is 42.5 Å². The summed E-state index contributed by atoms with van der Waals surface area (Å²) in [5.41, 5.74) is 2.00. The SMILES string of the molecule is C#CCOc1ccc(CCC(=O)NCc2ccc(Cl)cc2)cc1OC.CCOP(O)O. The molecule has 0 aromatic heterocycles. The zero-order valence-corrected chi connectivity index (χ0v) is 19.2. The van der Waals surface area contributed by atoms with E-state index in [4.69, 9.17) is 37.3 Å². The van der Waals surface area contributed by atoms with E-state index in [-0.39, 0.29) is 12.5 Å². The van der Waals surface area contributed by atoms with Gasteiger partial charge in [-0.25, -0.2) is 0 Å². The normalized spacial score (nSPS) is 9.97. The van der Waals surface area contributed by atoms with E-state index >= 15 is 0 Å². The number of aryl methyl sites for hydroxylation is 1. The maximum Gasteiger partial charge on any atom is 0.327 e. The van der Waals surface area contributed by atoms with Crippen LogP contribution in [0, 0.1) is 12.3 Å². The number of amides is 1. The van der Waals surface area contributed by atoms with Crippen molar-refractivity contribution < 1.29 is 28.6 Å². The van der Waals surface area contributed by atoms with Gasteiger partial charge in [-0.05, 0) is 48.7 Å². The highest BCUT2D eigenvalue weighted by molar-refractivity contribution is 7.39. The lowest BCUT2D eigenvalue weighted by Gasteiger charge is -2.11. The van der Waals surface area contributed by atoms with Gasteiger partial charge < -0.3 is 29.1 Å². The van der Waals surface area contributed by atoms with Crippen molar-refractivity contribution in [3.8, 4) is 23.8 Å². The fraction of sp³-hybridized carbons (Fsp3) is 0.318. The van der Waals surface area contributed by atoms with Crippen LogP contribution in [0.5, 0.6) is 11.5 Å². The second-order valence-corrected chi connectivity index (χ2v) is 7.25. The summed E-state index contributed by atoms with van der Waals surface area (Å²) in [6.07, 6.45) is 6.19. The molecule has 3 N–H and O–H groups in total. The van der Waals surface area contributed by atoms with Gasteiger partial charge >= 0.3 is 8.60 Å². The van der Waals surface area contributed by atoms with Gasteiger partial charge in [-0.2, -0.15) is 0 Å². The van der Waals surface area contributed by atoms with Gasteiger partial charge in [0.25, 0.3) is 0 Å². The third-order valence-corrected chi connectivity index (χ3v) is 4.57. The van der Waals surface area contributed by atoms with E-state index in [1.807, 2.05) is 24.3 Å². The molecule has 0 saturated heterocycles. The maximum absolute atomic E-state index is 12.0. The predicted molar refractivity (Wildman–Crippen MR) is 122 cm³/mol. The van der Waals surface area contributed by atoms with Gasteiger partial charge in [-0.1, -0.05) is 35.7 Å². The lowest BCUT2D eigenvalue weighted by atomic mass is 10.1. The lowest BCUT2D eigenvalue weighted by molar-refractivity contribution is -0.121. The Kier molecular flexibility index (Phi) is 13.3. The van der Waals surface area contributed by atoms with Crippen LogP contribution in [0.4, 0.5) is 0 Å². The molecule has 1 amide bonds. The number of hydrogen-bond donors (Lipinski definition) is 3. The Balaban J connectivity index is 0.000000703. The van der Waals surface area contributed by atoms with E-state index in [9.17, 15) is 4.79 Å². The molecule has 0 aliphatic carbocycles. The van der Waals surface area contributed by atoms with E-state index in [0.717, 1.165) is 11.1 Å². The Morgan fingerprint density at radius 1 is 1.16 bits per heavy atom. The van der Waals surface area contributed by atoms with E-state index in [0.29, 0.717) is 42.5 Å². The summed E-state index contributed by atoms with van der Waals surface area (Å²) < 4.78 is 14.9. The molecule has 31 heavy (non-hydrogen) atoms. The smallest absolute Gasteiger partial charge is 0.327 e. The Labute approximate surface area is 189 Å². The third-order valence-electron chi connectivity index (χ3n) is 3.83. The van der Waals surface area contributed by atoms with E-state index in [1.165, 1.54) is 0 Å². The van der Waals surface area contributed by atoms with Crippen molar-refractivity contribution in [2.45, 2.75) is 26.3 Å². The molecule has 0 aliphatic rings. The molecular weight excluding hydrogens is 441 g/mol. The second-order valence-electron chi connectivity index (χ2n) is 6.05. The van der Waals surface area contributed by atoms with Crippen LogP contribution in [0.25, 0.3) is 0 Å². The van der Waals surface area contributed by atoms with Crippen molar-refractivity contribution in [3.63, 3.8) is 0 Å². The van der Waals surface area contributed by atoms with Crippen LogP contribution in [-0.2, 0) is 22.3 Å². The largest absolute Gasteiger partial charge is 0.493 e. The Morgan fingerprint density at radius 3 is 2.39 bits per heavy atom. The van der Waals surface area contributed by atoms with Crippen LogP contribution >= 0.6 is 20.2 Å². The summed E-state index contributed by atoms with van der Waals surface area (Å²) in [7, 11) is -0.530. The standard InChI is InChI=1S/C20H20ClNO3.C2H7O3P/c1-3-12-25-18-10-6-15(13-19(18)24-2)7-11-20(23)22-14-16-4-8-17(21)9-5-16;1-2-5-6(3)4/h1,4-6,8-10,13H,7,11-12,14H2,2H3,(H,22,23);3-4H,2H2,1H3. The number of hydrogen-bond acceptors (Lipinski definition) is 6. The number of carbonyl (C=O) groups is 1. The Morgan fingerprint density at radius 2 is 1.84 bits per heavy atom. The number of halogens is 1. The summed E-state index contributed by atoms with van der Waals surface area (Å²) in [5, 5.41) is 3.58. The molecule has 7 nitrogen and oxygen atoms in total. The van der Waals surface area contributed by atoms with Crippen LogP contribution in [-0.4, -0.2) is 36.0 Å². The molecular formula is C22H27ClNO6P. The fourth-order valence-electron chi connectivity index (χ4n) is 2.37. The summed E-state index contributed by atoms with van der Waals surface area (Å²) in [6.45, 7) is 2.72. The zero-order valence-electron chi connectivity index (χ0n) is 17.5.